The number of hydrogen-bond donors (Lipinski definition) is 2. The maximum Gasteiger partial charge on any atom is 0.0760 e. The highest BCUT2D eigenvalue weighted by molar-refractivity contribution is 5.24. The molecule has 0 heterocycles. The molecule has 3 rings (SSSR count). The molecule has 14 heavy (non-hydrogen) atoms. The number of allylic oxidation sites excluding steroid dienone is 1. The van der Waals surface area contributed by atoms with Crippen LogP contribution in [0.4, 0.5) is 0 Å². The van der Waals surface area contributed by atoms with Crippen molar-refractivity contribution in [1.29, 1.82) is 0 Å². The molecule has 2 nitrogen and oxygen atoms in total. The minimum Gasteiger partial charge on any atom is -0.396 e. The van der Waals surface area contributed by atoms with E-state index in [1.165, 1.54) is 19.3 Å². The zero-order chi connectivity index (χ0) is 9.76. The largest absolute Gasteiger partial charge is 0.396 e. The van der Waals surface area contributed by atoms with Gasteiger partial charge >= 0.3 is 0 Å². The van der Waals surface area contributed by atoms with Gasteiger partial charge < -0.3 is 10.2 Å². The van der Waals surface area contributed by atoms with Crippen molar-refractivity contribution in [3.63, 3.8) is 0 Å². The van der Waals surface area contributed by atoms with Crippen LogP contribution in [0.25, 0.3) is 0 Å². The molecule has 0 unspecified atom stereocenters. The lowest BCUT2D eigenvalue weighted by Crippen LogP contribution is -2.37. The Morgan fingerprint density at radius 2 is 2.21 bits per heavy atom. The average Bonchev–Trinajstić information content (AvgIpc) is 2.79. The third-order valence-electron chi connectivity index (χ3n) is 4.88. The standard InChI is InChI=1S/C12H18O2/c13-6-5-12-4-3-10(14)11(12)8-1-2-9(12)7-8/h3-4,8-11,13-14H,1-2,5-7H2/t8-,9+,10-,11+,12-/m1/s1. The van der Waals surface area contributed by atoms with Crippen molar-refractivity contribution in [1.82, 2.24) is 0 Å². The summed E-state index contributed by atoms with van der Waals surface area (Å²) in [5, 5.41) is 19.1. The molecule has 0 aromatic heterocycles. The van der Waals surface area contributed by atoms with Crippen LogP contribution in [-0.2, 0) is 0 Å². The van der Waals surface area contributed by atoms with Crippen molar-refractivity contribution in [2.45, 2.75) is 31.8 Å². The van der Waals surface area contributed by atoms with Crippen molar-refractivity contribution in [2.24, 2.45) is 23.2 Å². The average molecular weight is 194 g/mol. The maximum absolute atomic E-state index is 9.94. The molecule has 0 aromatic carbocycles. The Balaban J connectivity index is 1.97. The number of aliphatic hydroxyl groups is 2. The van der Waals surface area contributed by atoms with Gasteiger partial charge in [0.1, 0.15) is 0 Å². The minimum absolute atomic E-state index is 0.164. The molecule has 2 N–H and O–H groups in total. The van der Waals surface area contributed by atoms with Gasteiger partial charge in [-0.1, -0.05) is 12.2 Å². The first-order chi connectivity index (χ1) is 6.78. The SMILES string of the molecule is OCC[C@@]12C=C[C@@H](O)[C@@H]1[C@@H]1CC[C@H]2C1. The quantitative estimate of drug-likeness (QED) is 0.651. The minimum atomic E-state index is -0.239. The van der Waals surface area contributed by atoms with Crippen LogP contribution in [0.3, 0.4) is 0 Å². The first-order valence-corrected chi connectivity index (χ1v) is 5.76. The van der Waals surface area contributed by atoms with Crippen LogP contribution in [-0.4, -0.2) is 22.9 Å². The Labute approximate surface area is 84.6 Å². The van der Waals surface area contributed by atoms with E-state index in [-0.39, 0.29) is 18.1 Å². The number of fused-ring (bicyclic) bond motifs is 5. The summed E-state index contributed by atoms with van der Waals surface area (Å²) >= 11 is 0. The van der Waals surface area contributed by atoms with Crippen molar-refractivity contribution in [3.8, 4) is 0 Å². The van der Waals surface area contributed by atoms with E-state index >= 15 is 0 Å². The zero-order valence-corrected chi connectivity index (χ0v) is 8.39. The summed E-state index contributed by atoms with van der Waals surface area (Å²) in [5.74, 6) is 1.88. The zero-order valence-electron chi connectivity index (χ0n) is 8.39. The van der Waals surface area contributed by atoms with Crippen LogP contribution < -0.4 is 0 Å². The van der Waals surface area contributed by atoms with Crippen LogP contribution in [0.2, 0.25) is 0 Å². The van der Waals surface area contributed by atoms with Crippen molar-refractivity contribution in [2.75, 3.05) is 6.61 Å². The van der Waals surface area contributed by atoms with Gasteiger partial charge in [0.25, 0.3) is 0 Å². The van der Waals surface area contributed by atoms with Crippen molar-refractivity contribution in [3.05, 3.63) is 12.2 Å². The molecule has 0 saturated heterocycles. The molecule has 2 fully saturated rings. The highest BCUT2D eigenvalue weighted by Gasteiger charge is 2.60. The second-order valence-electron chi connectivity index (χ2n) is 5.23. The van der Waals surface area contributed by atoms with Gasteiger partial charge in [-0.25, -0.2) is 0 Å². The predicted octanol–water partition coefficient (Wildman–Crippen LogP) is 1.33. The summed E-state index contributed by atoms with van der Waals surface area (Å²) in [7, 11) is 0. The maximum atomic E-state index is 9.94. The lowest BCUT2D eigenvalue weighted by atomic mass is 9.66. The smallest absolute Gasteiger partial charge is 0.0760 e. The van der Waals surface area contributed by atoms with Gasteiger partial charge in [-0.3, -0.25) is 0 Å². The van der Waals surface area contributed by atoms with Crippen LogP contribution in [0.1, 0.15) is 25.7 Å². The third kappa shape index (κ3) is 0.887. The summed E-state index contributed by atoms with van der Waals surface area (Å²) < 4.78 is 0. The van der Waals surface area contributed by atoms with E-state index in [2.05, 4.69) is 6.08 Å². The summed E-state index contributed by atoms with van der Waals surface area (Å²) in [6.45, 7) is 0.261. The lowest BCUT2D eigenvalue weighted by Gasteiger charge is -2.39. The van der Waals surface area contributed by atoms with Gasteiger partial charge in [0.05, 0.1) is 6.10 Å². The van der Waals surface area contributed by atoms with E-state index in [9.17, 15) is 5.11 Å². The summed E-state index contributed by atoms with van der Waals surface area (Å²) in [6, 6.07) is 0. The highest BCUT2D eigenvalue weighted by Crippen LogP contribution is 2.65. The Kier molecular flexibility index (Phi) is 1.80. The molecule has 3 aliphatic rings. The van der Waals surface area contributed by atoms with Crippen LogP contribution in [0.15, 0.2) is 12.2 Å². The van der Waals surface area contributed by atoms with Gasteiger partial charge in [-0.2, -0.15) is 0 Å². The van der Waals surface area contributed by atoms with Gasteiger partial charge in [-0.15, -0.1) is 0 Å². The molecule has 0 spiro atoms. The van der Waals surface area contributed by atoms with Gasteiger partial charge in [0.15, 0.2) is 0 Å². The molecule has 78 valence electrons. The molecule has 2 heteroatoms. The molecule has 0 amide bonds. The van der Waals surface area contributed by atoms with E-state index in [0.29, 0.717) is 5.92 Å². The Morgan fingerprint density at radius 1 is 1.36 bits per heavy atom. The van der Waals surface area contributed by atoms with Crippen molar-refractivity contribution < 1.29 is 10.2 Å². The molecule has 0 aliphatic heterocycles. The predicted molar refractivity (Wildman–Crippen MR) is 53.6 cm³/mol. The van der Waals surface area contributed by atoms with Gasteiger partial charge in [0.2, 0.25) is 0 Å². The van der Waals surface area contributed by atoms with Crippen molar-refractivity contribution >= 4 is 0 Å². The first-order valence-electron chi connectivity index (χ1n) is 5.76. The Morgan fingerprint density at radius 3 is 3.00 bits per heavy atom. The molecular formula is C12H18O2. The normalized spacial score (nSPS) is 54.1. The number of hydrogen-bond acceptors (Lipinski definition) is 2. The molecule has 0 aromatic rings. The Bertz CT molecular complexity index is 273. The van der Waals surface area contributed by atoms with E-state index in [0.717, 1.165) is 18.3 Å². The fourth-order valence-electron chi connectivity index (χ4n) is 4.43. The fourth-order valence-corrected chi connectivity index (χ4v) is 4.43. The number of aliphatic hydroxyl groups excluding tert-OH is 2. The fraction of sp³-hybridized carbons (Fsp3) is 0.833. The van der Waals surface area contributed by atoms with Gasteiger partial charge in [0, 0.05) is 12.5 Å². The first kappa shape index (κ1) is 8.93. The van der Waals surface area contributed by atoms with E-state index in [1.54, 1.807) is 0 Å². The molecule has 2 saturated carbocycles. The summed E-state index contributed by atoms with van der Waals surface area (Å²) in [4.78, 5) is 0. The van der Waals surface area contributed by atoms with E-state index in [1.807, 2.05) is 6.08 Å². The summed E-state index contributed by atoms with van der Waals surface area (Å²) in [5.41, 5.74) is 0.164. The number of rotatable bonds is 2. The third-order valence-corrected chi connectivity index (χ3v) is 4.88. The Hall–Kier alpha value is -0.340. The van der Waals surface area contributed by atoms with E-state index < -0.39 is 0 Å². The van der Waals surface area contributed by atoms with Gasteiger partial charge in [-0.05, 0) is 42.9 Å². The lowest BCUT2D eigenvalue weighted by molar-refractivity contribution is 0.0341. The molecule has 0 radical (unpaired) electrons. The summed E-state index contributed by atoms with van der Waals surface area (Å²) in [6.07, 6.45) is 8.67. The second kappa shape index (κ2) is 2.83. The van der Waals surface area contributed by atoms with Crippen LogP contribution in [0, 0.1) is 23.2 Å². The van der Waals surface area contributed by atoms with Crippen LogP contribution in [0.5, 0.6) is 0 Å². The van der Waals surface area contributed by atoms with Crippen LogP contribution >= 0.6 is 0 Å². The molecule has 5 atom stereocenters. The second-order valence-corrected chi connectivity index (χ2v) is 5.23. The topological polar surface area (TPSA) is 40.5 Å². The molecule has 3 aliphatic carbocycles. The molecular weight excluding hydrogens is 176 g/mol. The highest BCUT2D eigenvalue weighted by atomic mass is 16.3. The van der Waals surface area contributed by atoms with E-state index in [4.69, 9.17) is 5.11 Å². The molecule has 2 bridgehead atoms. The monoisotopic (exact) mass is 194 g/mol.